The molecule has 1 aliphatic heterocycles. The zero-order chi connectivity index (χ0) is 38.9. The van der Waals surface area contributed by atoms with Crippen LogP contribution in [0.4, 0.5) is 0 Å². The van der Waals surface area contributed by atoms with Crippen LogP contribution in [0.3, 0.4) is 0 Å². The maximum Gasteiger partial charge on any atom is 0.268 e. The first-order valence-corrected chi connectivity index (χ1v) is 19.7. The number of para-hydroxylation sites is 3. The van der Waals surface area contributed by atoms with Gasteiger partial charge >= 0.3 is 0 Å². The van der Waals surface area contributed by atoms with E-state index in [4.69, 9.17) is 9.72 Å². The van der Waals surface area contributed by atoms with Gasteiger partial charge in [-0.05, 0) is 62.7 Å². The molecule has 8 bridgehead atoms. The number of rotatable bonds is 2. The summed E-state index contributed by atoms with van der Waals surface area (Å²) >= 11 is 0. The summed E-state index contributed by atoms with van der Waals surface area (Å²) in [5.74, 6) is 1.95. The van der Waals surface area contributed by atoms with Crippen LogP contribution in [0.5, 0.6) is 11.5 Å². The number of fused-ring (bicyclic) bond motifs is 20. The fourth-order valence-electron chi connectivity index (χ4n) is 8.67. The number of benzene rings is 8. The summed E-state index contributed by atoms with van der Waals surface area (Å²) in [5.41, 5.74) is 14.2. The fourth-order valence-corrected chi connectivity index (χ4v) is 8.67. The molecule has 0 unspecified atom stereocenters. The van der Waals surface area contributed by atoms with Crippen LogP contribution in [-0.4, -0.2) is 14.1 Å². The van der Waals surface area contributed by atoms with Gasteiger partial charge in [-0.1, -0.05) is 151 Å². The summed E-state index contributed by atoms with van der Waals surface area (Å²) in [7, 11) is 0. The Labute approximate surface area is 361 Å². The maximum absolute atomic E-state index is 6.63. The van der Waals surface area contributed by atoms with E-state index in [0.717, 1.165) is 94.7 Å². The molecule has 11 aromatic rings. The summed E-state index contributed by atoms with van der Waals surface area (Å²) in [4.78, 5) is 5.47. The monoisotopic (exact) mass is 947 g/mol. The molecule has 0 N–H and O–H groups in total. The van der Waals surface area contributed by atoms with Crippen molar-refractivity contribution >= 4 is 32.8 Å². The van der Waals surface area contributed by atoms with E-state index in [0.29, 0.717) is 11.5 Å². The van der Waals surface area contributed by atoms with Crippen LogP contribution >= 0.6 is 0 Å². The average Bonchev–Trinajstić information content (AvgIpc) is 3.85. The third-order valence-electron chi connectivity index (χ3n) is 11.3. The van der Waals surface area contributed by atoms with Crippen molar-refractivity contribution < 1.29 is 30.4 Å². The van der Waals surface area contributed by atoms with Crippen molar-refractivity contribution in [2.45, 2.75) is 0 Å². The largest absolute Gasteiger partial charge is 0.510 e. The van der Waals surface area contributed by atoms with Gasteiger partial charge in [0.1, 0.15) is 5.82 Å². The molecule has 0 amide bonds. The van der Waals surface area contributed by atoms with Crippen LogP contribution in [0.2, 0.25) is 0 Å². The molecule has 3 aromatic heterocycles. The molecule has 4 heterocycles. The van der Waals surface area contributed by atoms with Gasteiger partial charge < -0.3 is 13.9 Å². The summed E-state index contributed by atoms with van der Waals surface area (Å²) in [6.07, 6.45) is 3.78. The molecule has 0 radical (unpaired) electrons. The SMILES string of the molecule is [Pt].[c-]1c2cccc1-n1[c-][n+](c3ccccc31)-c1c(-c3ccccc3)cccc1-c1ccccc1-c1cccc(n1)-n1c3[c-]c(ccc3c3cc(-c4ccccc4)ccc31)O2. The van der Waals surface area contributed by atoms with Gasteiger partial charge in [-0.25, -0.2) is 4.98 Å². The predicted molar refractivity (Wildman–Crippen MR) is 235 cm³/mol. The molecular formula is C54H32N4OPt-2. The summed E-state index contributed by atoms with van der Waals surface area (Å²) in [5, 5.41) is 2.17. The van der Waals surface area contributed by atoms with Gasteiger partial charge in [0.15, 0.2) is 0 Å². The molecule has 60 heavy (non-hydrogen) atoms. The fraction of sp³-hybridized carbons (Fsp3) is 0. The second-order valence-corrected chi connectivity index (χ2v) is 14.8. The smallest absolute Gasteiger partial charge is 0.268 e. The molecule has 1 aliphatic rings. The zero-order valence-electron chi connectivity index (χ0n) is 32.0. The minimum Gasteiger partial charge on any atom is -0.510 e. The average molecular weight is 948 g/mol. The van der Waals surface area contributed by atoms with Crippen molar-refractivity contribution in [2.75, 3.05) is 0 Å². The van der Waals surface area contributed by atoms with E-state index in [2.05, 4.69) is 202 Å². The minimum absolute atomic E-state index is 0. The number of imidazole rings is 1. The van der Waals surface area contributed by atoms with E-state index < -0.39 is 0 Å². The quantitative estimate of drug-likeness (QED) is 0.128. The van der Waals surface area contributed by atoms with Crippen LogP contribution in [0.25, 0.3) is 94.7 Å². The van der Waals surface area contributed by atoms with Crippen molar-refractivity contribution in [2.24, 2.45) is 0 Å². The Kier molecular flexibility index (Phi) is 8.65. The van der Waals surface area contributed by atoms with Crippen LogP contribution in [0, 0.1) is 18.5 Å². The van der Waals surface area contributed by atoms with E-state index in [1.165, 1.54) is 0 Å². The maximum atomic E-state index is 6.63. The Bertz CT molecular complexity index is 3420. The Morgan fingerprint density at radius 1 is 0.483 bits per heavy atom. The van der Waals surface area contributed by atoms with Crippen LogP contribution < -0.4 is 9.30 Å². The molecule has 12 rings (SSSR count). The summed E-state index contributed by atoms with van der Waals surface area (Å²) in [6.45, 7) is 0. The normalized spacial score (nSPS) is 11.7. The van der Waals surface area contributed by atoms with Gasteiger partial charge in [0.25, 0.3) is 6.33 Å². The molecule has 5 nitrogen and oxygen atoms in total. The zero-order valence-corrected chi connectivity index (χ0v) is 34.3. The van der Waals surface area contributed by atoms with Gasteiger partial charge in [-0.2, -0.15) is 18.2 Å². The standard InChI is InChI=1S/C54H32N4O.Pt/c1-3-14-36(15-4-1)38-28-31-49-47(32-38)45-30-29-41-34-52(45)58(49)53-27-13-24-48(55-53)44-21-8-7-20-43(44)46-23-12-22-42(37-16-5-2-6-17-37)54(46)57-35-56(50-25-9-10-26-51(50)57)39-18-11-19-40(33-39)59-41;/h1-32H;/q-2;. The molecule has 0 saturated carbocycles. The van der Waals surface area contributed by atoms with Crippen molar-refractivity contribution in [1.29, 1.82) is 0 Å². The molecule has 0 spiro atoms. The molecular weight excluding hydrogens is 916 g/mol. The molecule has 6 heteroatoms. The number of hydrogen-bond acceptors (Lipinski definition) is 2. The molecule has 0 aliphatic carbocycles. The number of hydrogen-bond donors (Lipinski definition) is 0. The molecule has 0 saturated heterocycles. The first-order chi connectivity index (χ1) is 29.2. The van der Waals surface area contributed by atoms with Crippen molar-refractivity contribution in [3.05, 3.63) is 213 Å². The summed E-state index contributed by atoms with van der Waals surface area (Å²) in [6, 6.07) is 74.9. The van der Waals surface area contributed by atoms with Crippen molar-refractivity contribution in [1.82, 2.24) is 14.1 Å². The summed E-state index contributed by atoms with van der Waals surface area (Å²) < 4.78 is 13.1. The van der Waals surface area contributed by atoms with Gasteiger partial charge in [0.05, 0.1) is 22.4 Å². The van der Waals surface area contributed by atoms with E-state index in [9.17, 15) is 0 Å². The second-order valence-electron chi connectivity index (χ2n) is 14.8. The van der Waals surface area contributed by atoms with Crippen LogP contribution in [0.15, 0.2) is 194 Å². The van der Waals surface area contributed by atoms with Crippen LogP contribution in [0.1, 0.15) is 0 Å². The Balaban J connectivity index is 0.00000408. The third kappa shape index (κ3) is 5.81. The minimum atomic E-state index is 0. The first kappa shape index (κ1) is 35.8. The van der Waals surface area contributed by atoms with E-state index in [-0.39, 0.29) is 21.1 Å². The first-order valence-electron chi connectivity index (χ1n) is 19.7. The number of pyridine rings is 1. The van der Waals surface area contributed by atoms with Gasteiger partial charge in [0.2, 0.25) is 0 Å². The number of ether oxygens (including phenoxy) is 1. The molecule has 286 valence electrons. The van der Waals surface area contributed by atoms with E-state index >= 15 is 0 Å². The topological polar surface area (TPSA) is 35.9 Å². The Morgan fingerprint density at radius 3 is 2.05 bits per heavy atom. The Hall–Kier alpha value is -7.33. The molecule has 0 atom stereocenters. The van der Waals surface area contributed by atoms with E-state index in [1.807, 2.05) is 24.3 Å². The van der Waals surface area contributed by atoms with E-state index in [1.54, 1.807) is 0 Å². The molecule has 8 aromatic carbocycles. The third-order valence-corrected chi connectivity index (χ3v) is 11.3. The molecule has 0 fully saturated rings. The predicted octanol–water partition coefficient (Wildman–Crippen LogP) is 12.6. The Morgan fingerprint density at radius 2 is 1.18 bits per heavy atom. The number of aromatic nitrogens is 4. The van der Waals surface area contributed by atoms with Crippen LogP contribution in [-0.2, 0) is 21.1 Å². The second kappa shape index (κ2) is 14.5. The van der Waals surface area contributed by atoms with Gasteiger partial charge in [-0.15, -0.1) is 29.7 Å². The van der Waals surface area contributed by atoms with Crippen molar-refractivity contribution in [3.63, 3.8) is 0 Å². The number of nitrogens with zero attached hydrogens (tertiary/aromatic N) is 4. The van der Waals surface area contributed by atoms with Gasteiger partial charge in [-0.3, -0.25) is 4.57 Å². The van der Waals surface area contributed by atoms with Gasteiger partial charge in [0, 0.05) is 43.6 Å². The van der Waals surface area contributed by atoms with Crippen molar-refractivity contribution in [3.8, 4) is 73.3 Å².